The molecule has 1 rings (SSSR count). The van der Waals surface area contributed by atoms with E-state index in [1.54, 1.807) is 7.11 Å². The molecule has 1 aliphatic heterocycles. The third kappa shape index (κ3) is 5.29. The molecule has 0 aromatic rings. The van der Waals surface area contributed by atoms with E-state index in [0.29, 0.717) is 26.2 Å². The summed E-state index contributed by atoms with van der Waals surface area (Å²) in [6, 6.07) is -0.402. The molecule has 0 spiro atoms. The maximum Gasteiger partial charge on any atom is 0.237 e. The topological polar surface area (TPSA) is 79.5 Å². The van der Waals surface area contributed by atoms with Crippen LogP contribution in [-0.4, -0.2) is 51.2 Å². The van der Waals surface area contributed by atoms with E-state index in [9.17, 15) is 9.59 Å². The highest BCUT2D eigenvalue weighted by Crippen LogP contribution is 1.95. The fourth-order valence-electron chi connectivity index (χ4n) is 1.36. The second kappa shape index (κ2) is 8.32. The molecule has 0 bridgehead atoms. The predicted molar refractivity (Wildman–Crippen MR) is 61.6 cm³/mol. The number of amides is 2. The second-order valence-electron chi connectivity index (χ2n) is 3.34. The summed E-state index contributed by atoms with van der Waals surface area (Å²) in [7, 11) is 1.57. The van der Waals surface area contributed by atoms with Gasteiger partial charge in [0.15, 0.2) is 0 Å². The monoisotopic (exact) mass is 251 g/mol. The van der Waals surface area contributed by atoms with Crippen LogP contribution < -0.4 is 16.0 Å². The van der Waals surface area contributed by atoms with Gasteiger partial charge in [0.05, 0.1) is 19.1 Å². The number of hydrogen-bond donors (Lipinski definition) is 3. The van der Waals surface area contributed by atoms with Gasteiger partial charge in [-0.05, 0) is 0 Å². The Morgan fingerprint density at radius 1 is 1.56 bits per heavy atom. The van der Waals surface area contributed by atoms with Gasteiger partial charge in [0.25, 0.3) is 0 Å². The fraction of sp³-hybridized carbons (Fsp3) is 0.778. The standard InChI is InChI=1S/C9H17N3O3.ClH/c1-15-5-4-11-8(13)6-7-9(14)12-3-2-10-7;/h7,10H,2-6H2,1H3,(H,11,13)(H,12,14);1H. The molecule has 0 aliphatic carbocycles. The van der Waals surface area contributed by atoms with Crippen LogP contribution in [0.4, 0.5) is 0 Å². The average Bonchev–Trinajstić information content (AvgIpc) is 2.22. The first-order valence-electron chi connectivity index (χ1n) is 5.00. The highest BCUT2D eigenvalue weighted by atomic mass is 35.5. The van der Waals surface area contributed by atoms with E-state index < -0.39 is 6.04 Å². The van der Waals surface area contributed by atoms with Gasteiger partial charge in [0.1, 0.15) is 0 Å². The zero-order valence-corrected chi connectivity index (χ0v) is 10.1. The van der Waals surface area contributed by atoms with Crippen molar-refractivity contribution < 1.29 is 14.3 Å². The molecule has 3 N–H and O–H groups in total. The van der Waals surface area contributed by atoms with Crippen LogP contribution in [0, 0.1) is 0 Å². The highest BCUT2D eigenvalue weighted by molar-refractivity contribution is 5.88. The van der Waals surface area contributed by atoms with Crippen molar-refractivity contribution >= 4 is 24.2 Å². The minimum atomic E-state index is -0.402. The van der Waals surface area contributed by atoms with Gasteiger partial charge in [-0.1, -0.05) is 0 Å². The lowest BCUT2D eigenvalue weighted by Gasteiger charge is -2.22. The number of carbonyl (C=O) groups is 2. The number of halogens is 1. The fourth-order valence-corrected chi connectivity index (χ4v) is 1.36. The van der Waals surface area contributed by atoms with Crippen molar-refractivity contribution in [3.8, 4) is 0 Å². The zero-order valence-electron chi connectivity index (χ0n) is 9.25. The van der Waals surface area contributed by atoms with Crippen molar-refractivity contribution in [3.63, 3.8) is 0 Å². The third-order valence-electron chi connectivity index (χ3n) is 2.15. The van der Waals surface area contributed by atoms with Crippen LogP contribution in [0.2, 0.25) is 0 Å². The first-order valence-corrected chi connectivity index (χ1v) is 5.00. The highest BCUT2D eigenvalue weighted by Gasteiger charge is 2.23. The van der Waals surface area contributed by atoms with Crippen LogP contribution >= 0.6 is 12.4 Å². The van der Waals surface area contributed by atoms with Crippen molar-refractivity contribution in [1.29, 1.82) is 0 Å². The number of rotatable bonds is 5. The van der Waals surface area contributed by atoms with Gasteiger partial charge >= 0.3 is 0 Å². The van der Waals surface area contributed by atoms with Crippen molar-refractivity contribution in [1.82, 2.24) is 16.0 Å². The Hall–Kier alpha value is -0.850. The number of carbonyl (C=O) groups excluding carboxylic acids is 2. The van der Waals surface area contributed by atoms with Crippen LogP contribution in [0.15, 0.2) is 0 Å². The molecule has 0 radical (unpaired) electrons. The molecular weight excluding hydrogens is 234 g/mol. The Kier molecular flexibility index (Phi) is 7.88. The molecule has 1 unspecified atom stereocenters. The van der Waals surface area contributed by atoms with Crippen LogP contribution in [0.1, 0.15) is 6.42 Å². The molecule has 1 aliphatic rings. The minimum absolute atomic E-state index is 0. The Morgan fingerprint density at radius 3 is 2.94 bits per heavy atom. The molecule has 7 heteroatoms. The van der Waals surface area contributed by atoms with E-state index in [2.05, 4.69) is 16.0 Å². The molecule has 1 atom stereocenters. The maximum atomic E-state index is 11.3. The third-order valence-corrected chi connectivity index (χ3v) is 2.15. The van der Waals surface area contributed by atoms with E-state index in [-0.39, 0.29) is 30.6 Å². The van der Waals surface area contributed by atoms with Gasteiger partial charge in [-0.2, -0.15) is 0 Å². The smallest absolute Gasteiger partial charge is 0.237 e. The normalized spacial score (nSPS) is 19.6. The summed E-state index contributed by atoms with van der Waals surface area (Å²) >= 11 is 0. The molecule has 0 aromatic carbocycles. The molecule has 0 aromatic heterocycles. The molecule has 1 saturated heterocycles. The average molecular weight is 252 g/mol. The summed E-state index contributed by atoms with van der Waals surface area (Å²) in [6.45, 7) is 2.29. The van der Waals surface area contributed by atoms with Crippen LogP contribution in [0.5, 0.6) is 0 Å². The van der Waals surface area contributed by atoms with Crippen LogP contribution in [-0.2, 0) is 14.3 Å². The van der Waals surface area contributed by atoms with E-state index in [0.717, 1.165) is 0 Å². The lowest BCUT2D eigenvalue weighted by Crippen LogP contribution is -2.54. The van der Waals surface area contributed by atoms with Crippen molar-refractivity contribution in [3.05, 3.63) is 0 Å². The SMILES string of the molecule is COCCNC(=O)CC1NCCNC1=O.Cl. The summed E-state index contributed by atoms with van der Waals surface area (Å²) in [5, 5.41) is 8.35. The van der Waals surface area contributed by atoms with Crippen LogP contribution in [0.3, 0.4) is 0 Å². The Morgan fingerprint density at radius 2 is 2.31 bits per heavy atom. The van der Waals surface area contributed by atoms with E-state index in [1.165, 1.54) is 0 Å². The maximum absolute atomic E-state index is 11.3. The van der Waals surface area contributed by atoms with Gasteiger partial charge < -0.3 is 20.7 Å². The molecule has 1 heterocycles. The number of methoxy groups -OCH3 is 1. The molecule has 0 saturated carbocycles. The van der Waals surface area contributed by atoms with E-state index in [1.807, 2.05) is 0 Å². The molecule has 6 nitrogen and oxygen atoms in total. The lowest BCUT2D eigenvalue weighted by atomic mass is 10.1. The van der Waals surface area contributed by atoms with Gasteiger partial charge in [-0.15, -0.1) is 12.4 Å². The quantitative estimate of drug-likeness (QED) is 0.528. The Balaban J connectivity index is 0.00000225. The summed E-state index contributed by atoms with van der Waals surface area (Å²) in [5.41, 5.74) is 0. The van der Waals surface area contributed by atoms with E-state index >= 15 is 0 Å². The summed E-state index contributed by atoms with van der Waals surface area (Å²) < 4.78 is 4.79. The number of nitrogens with one attached hydrogen (secondary N) is 3. The molecule has 1 fully saturated rings. The minimum Gasteiger partial charge on any atom is -0.383 e. The summed E-state index contributed by atoms with van der Waals surface area (Å²) in [6.07, 6.45) is 0.176. The zero-order chi connectivity index (χ0) is 11.1. The van der Waals surface area contributed by atoms with Crippen molar-refractivity contribution in [2.75, 3.05) is 33.4 Å². The summed E-state index contributed by atoms with van der Waals surface area (Å²) in [5.74, 6) is -0.246. The Labute approximate surface area is 101 Å². The first kappa shape index (κ1) is 15.2. The van der Waals surface area contributed by atoms with Gasteiger partial charge in [-0.25, -0.2) is 0 Å². The number of ether oxygens (including phenoxy) is 1. The largest absolute Gasteiger partial charge is 0.383 e. The molecule has 2 amide bonds. The van der Waals surface area contributed by atoms with E-state index in [4.69, 9.17) is 4.74 Å². The number of piperazine rings is 1. The Bertz CT molecular complexity index is 238. The van der Waals surface area contributed by atoms with Gasteiger partial charge in [0, 0.05) is 26.7 Å². The van der Waals surface area contributed by atoms with Gasteiger partial charge in [-0.3, -0.25) is 9.59 Å². The van der Waals surface area contributed by atoms with Crippen molar-refractivity contribution in [2.45, 2.75) is 12.5 Å². The lowest BCUT2D eigenvalue weighted by molar-refractivity contribution is -0.129. The number of hydrogen-bond acceptors (Lipinski definition) is 4. The van der Waals surface area contributed by atoms with Crippen LogP contribution in [0.25, 0.3) is 0 Å². The molecular formula is C9H18ClN3O3. The molecule has 94 valence electrons. The molecule has 16 heavy (non-hydrogen) atoms. The van der Waals surface area contributed by atoms with Crippen molar-refractivity contribution in [2.24, 2.45) is 0 Å². The van der Waals surface area contributed by atoms with Gasteiger partial charge in [0.2, 0.25) is 11.8 Å². The predicted octanol–water partition coefficient (Wildman–Crippen LogP) is -1.35. The first-order chi connectivity index (χ1) is 7.24. The second-order valence-corrected chi connectivity index (χ2v) is 3.34. The summed E-state index contributed by atoms with van der Waals surface area (Å²) in [4.78, 5) is 22.6.